The van der Waals surface area contributed by atoms with Crippen molar-refractivity contribution in [2.24, 2.45) is 11.7 Å². The molecule has 0 aromatic carbocycles. The smallest absolute Gasteiger partial charge is 0.0804 e. The number of aliphatic hydroxyl groups is 1. The van der Waals surface area contributed by atoms with E-state index in [4.69, 9.17) is 15.6 Å². The Labute approximate surface area is 99.4 Å². The van der Waals surface area contributed by atoms with Crippen molar-refractivity contribution in [2.45, 2.75) is 57.5 Å². The van der Waals surface area contributed by atoms with Gasteiger partial charge in [0.2, 0.25) is 0 Å². The minimum atomic E-state index is -0.0360. The van der Waals surface area contributed by atoms with E-state index in [-0.39, 0.29) is 5.60 Å². The van der Waals surface area contributed by atoms with Crippen LogP contribution in [-0.4, -0.2) is 30.5 Å². The number of aliphatic hydroxyl groups excluding tert-OH is 1. The molecule has 0 amide bonds. The Balaban J connectivity index is 2.20. The van der Waals surface area contributed by atoms with Crippen LogP contribution in [0.3, 0.4) is 0 Å². The van der Waals surface area contributed by atoms with Gasteiger partial charge in [0.25, 0.3) is 0 Å². The van der Waals surface area contributed by atoms with Crippen molar-refractivity contribution < 1.29 is 9.84 Å². The highest BCUT2D eigenvalue weighted by Gasteiger charge is 2.33. The summed E-state index contributed by atoms with van der Waals surface area (Å²) in [5.74, 6) is 0.831. The van der Waals surface area contributed by atoms with Crippen LogP contribution < -0.4 is 5.73 Å². The van der Waals surface area contributed by atoms with Gasteiger partial charge >= 0.3 is 0 Å². The molecule has 0 aromatic heterocycles. The second-order valence-corrected chi connectivity index (χ2v) is 5.20. The van der Waals surface area contributed by atoms with Gasteiger partial charge in [0, 0.05) is 19.8 Å². The minimum absolute atomic E-state index is 0.0360. The molecule has 0 unspecified atom stereocenters. The van der Waals surface area contributed by atoms with Crippen LogP contribution in [0.2, 0.25) is 0 Å². The SMILES string of the molecule is CC1CCC(CN)(OCCCCCO)CC1. The molecule has 0 spiro atoms. The second-order valence-electron chi connectivity index (χ2n) is 5.20. The monoisotopic (exact) mass is 229 g/mol. The fourth-order valence-electron chi connectivity index (χ4n) is 2.37. The standard InChI is InChI=1S/C13H27NO2/c1-12-5-7-13(11-14,8-6-12)16-10-4-2-3-9-15/h12,15H,2-11,14H2,1H3. The third kappa shape index (κ3) is 4.40. The molecule has 96 valence electrons. The van der Waals surface area contributed by atoms with Crippen LogP contribution in [0.5, 0.6) is 0 Å². The third-order valence-corrected chi connectivity index (χ3v) is 3.77. The highest BCUT2D eigenvalue weighted by atomic mass is 16.5. The molecular weight excluding hydrogens is 202 g/mol. The average Bonchev–Trinajstić information content (AvgIpc) is 2.32. The highest BCUT2D eigenvalue weighted by molar-refractivity contribution is 4.87. The zero-order valence-electron chi connectivity index (χ0n) is 10.6. The summed E-state index contributed by atoms with van der Waals surface area (Å²) in [7, 11) is 0. The van der Waals surface area contributed by atoms with Crippen molar-refractivity contribution in [2.75, 3.05) is 19.8 Å². The number of unbranched alkanes of at least 4 members (excludes halogenated alkanes) is 2. The molecule has 0 heterocycles. The molecule has 3 N–H and O–H groups in total. The van der Waals surface area contributed by atoms with Gasteiger partial charge in [-0.3, -0.25) is 0 Å². The summed E-state index contributed by atoms with van der Waals surface area (Å²) in [5, 5.41) is 8.68. The molecule has 16 heavy (non-hydrogen) atoms. The fourth-order valence-corrected chi connectivity index (χ4v) is 2.37. The first kappa shape index (κ1) is 13.9. The first-order valence-corrected chi connectivity index (χ1v) is 6.67. The van der Waals surface area contributed by atoms with Gasteiger partial charge in [-0.2, -0.15) is 0 Å². The summed E-state index contributed by atoms with van der Waals surface area (Å²) in [6.07, 6.45) is 7.69. The minimum Gasteiger partial charge on any atom is -0.396 e. The normalized spacial score (nSPS) is 30.6. The van der Waals surface area contributed by atoms with Crippen LogP contribution in [-0.2, 0) is 4.74 Å². The molecule has 0 bridgehead atoms. The van der Waals surface area contributed by atoms with E-state index in [1.54, 1.807) is 0 Å². The Morgan fingerprint density at radius 1 is 1.25 bits per heavy atom. The summed E-state index contributed by atoms with van der Waals surface area (Å²) < 4.78 is 6.01. The first-order chi connectivity index (χ1) is 7.72. The van der Waals surface area contributed by atoms with E-state index in [0.717, 1.165) is 44.6 Å². The first-order valence-electron chi connectivity index (χ1n) is 6.67. The molecule has 0 aliphatic heterocycles. The predicted octanol–water partition coefficient (Wildman–Crippen LogP) is 2.07. The summed E-state index contributed by atoms with van der Waals surface area (Å²) >= 11 is 0. The van der Waals surface area contributed by atoms with Crippen molar-refractivity contribution in [1.29, 1.82) is 0 Å². The molecule has 3 nitrogen and oxygen atoms in total. The van der Waals surface area contributed by atoms with Crippen molar-refractivity contribution in [3.05, 3.63) is 0 Å². The average molecular weight is 229 g/mol. The van der Waals surface area contributed by atoms with Crippen LogP contribution >= 0.6 is 0 Å². The molecule has 0 atom stereocenters. The van der Waals surface area contributed by atoms with Gasteiger partial charge in [0.1, 0.15) is 0 Å². The molecule has 1 aliphatic rings. The lowest BCUT2D eigenvalue weighted by atomic mass is 9.79. The van der Waals surface area contributed by atoms with Crippen molar-refractivity contribution in [1.82, 2.24) is 0 Å². The lowest BCUT2D eigenvalue weighted by Crippen LogP contribution is -2.44. The van der Waals surface area contributed by atoms with E-state index in [2.05, 4.69) is 6.92 Å². The molecule has 0 radical (unpaired) electrons. The van der Waals surface area contributed by atoms with Gasteiger partial charge in [0.15, 0.2) is 0 Å². The van der Waals surface area contributed by atoms with Gasteiger partial charge in [-0.15, -0.1) is 0 Å². The van der Waals surface area contributed by atoms with Crippen LogP contribution in [0.15, 0.2) is 0 Å². The summed E-state index contributed by atoms with van der Waals surface area (Å²) in [4.78, 5) is 0. The van der Waals surface area contributed by atoms with E-state index < -0.39 is 0 Å². The van der Waals surface area contributed by atoms with Gasteiger partial charge < -0.3 is 15.6 Å². The van der Waals surface area contributed by atoms with Crippen molar-refractivity contribution in [3.63, 3.8) is 0 Å². The van der Waals surface area contributed by atoms with Crippen LogP contribution in [0.25, 0.3) is 0 Å². The molecular formula is C13H27NO2. The number of ether oxygens (including phenoxy) is 1. The Morgan fingerprint density at radius 2 is 1.94 bits per heavy atom. The molecule has 3 heteroatoms. The third-order valence-electron chi connectivity index (χ3n) is 3.77. The van der Waals surface area contributed by atoms with E-state index in [1.165, 1.54) is 12.8 Å². The van der Waals surface area contributed by atoms with Crippen LogP contribution in [0.1, 0.15) is 51.9 Å². The number of nitrogens with two attached hydrogens (primary N) is 1. The largest absolute Gasteiger partial charge is 0.396 e. The summed E-state index contributed by atoms with van der Waals surface area (Å²) in [5.41, 5.74) is 5.82. The fraction of sp³-hybridized carbons (Fsp3) is 1.00. The topological polar surface area (TPSA) is 55.5 Å². The highest BCUT2D eigenvalue weighted by Crippen LogP contribution is 2.34. The van der Waals surface area contributed by atoms with Gasteiger partial charge in [-0.25, -0.2) is 0 Å². The van der Waals surface area contributed by atoms with Gasteiger partial charge in [-0.05, 0) is 50.9 Å². The lowest BCUT2D eigenvalue weighted by molar-refractivity contribution is -0.0713. The number of rotatable bonds is 7. The molecule has 0 aromatic rings. The zero-order valence-corrected chi connectivity index (χ0v) is 10.6. The number of hydrogen-bond acceptors (Lipinski definition) is 3. The van der Waals surface area contributed by atoms with E-state index in [1.807, 2.05) is 0 Å². The summed E-state index contributed by atoms with van der Waals surface area (Å²) in [6.45, 7) is 4.05. The zero-order chi connectivity index (χ0) is 11.9. The lowest BCUT2D eigenvalue weighted by Gasteiger charge is -2.38. The maximum atomic E-state index is 8.68. The van der Waals surface area contributed by atoms with E-state index >= 15 is 0 Å². The predicted molar refractivity (Wildman–Crippen MR) is 66.3 cm³/mol. The van der Waals surface area contributed by atoms with Crippen molar-refractivity contribution >= 4 is 0 Å². The quantitative estimate of drug-likeness (QED) is 0.657. The van der Waals surface area contributed by atoms with Crippen molar-refractivity contribution in [3.8, 4) is 0 Å². The van der Waals surface area contributed by atoms with Gasteiger partial charge in [-0.1, -0.05) is 6.92 Å². The Kier molecular flexibility index (Phi) is 6.32. The van der Waals surface area contributed by atoms with E-state index in [0.29, 0.717) is 13.2 Å². The summed E-state index contributed by atoms with van der Waals surface area (Å²) in [6, 6.07) is 0. The Morgan fingerprint density at radius 3 is 2.50 bits per heavy atom. The Bertz CT molecular complexity index is 177. The number of hydrogen-bond donors (Lipinski definition) is 2. The Hall–Kier alpha value is -0.120. The van der Waals surface area contributed by atoms with Crippen LogP contribution in [0.4, 0.5) is 0 Å². The van der Waals surface area contributed by atoms with Gasteiger partial charge in [0.05, 0.1) is 5.60 Å². The molecule has 1 fully saturated rings. The maximum Gasteiger partial charge on any atom is 0.0804 e. The second kappa shape index (κ2) is 7.25. The van der Waals surface area contributed by atoms with E-state index in [9.17, 15) is 0 Å². The molecule has 0 saturated heterocycles. The molecule has 1 aliphatic carbocycles. The molecule has 1 saturated carbocycles. The molecule has 1 rings (SSSR count). The van der Waals surface area contributed by atoms with Crippen LogP contribution in [0, 0.1) is 5.92 Å². The maximum absolute atomic E-state index is 8.68.